The van der Waals surface area contributed by atoms with Crippen LogP contribution < -0.4 is 5.73 Å². The van der Waals surface area contributed by atoms with Crippen molar-refractivity contribution in [3.63, 3.8) is 0 Å². The van der Waals surface area contributed by atoms with Gasteiger partial charge in [-0.05, 0) is 25.7 Å². The Labute approximate surface area is 80.9 Å². The van der Waals surface area contributed by atoms with Gasteiger partial charge >= 0.3 is 0 Å². The quantitative estimate of drug-likeness (QED) is 0.651. The number of rotatable bonds is 2. The molecule has 1 saturated carbocycles. The molecule has 2 N–H and O–H groups in total. The molecule has 0 heterocycles. The summed E-state index contributed by atoms with van der Waals surface area (Å²) in [6.45, 7) is 4.24. The molecule has 1 aliphatic rings. The van der Waals surface area contributed by atoms with Gasteiger partial charge in [-0.2, -0.15) is 0 Å². The minimum atomic E-state index is 0.516. The van der Waals surface area contributed by atoms with Crippen molar-refractivity contribution < 1.29 is 0 Å². The van der Waals surface area contributed by atoms with E-state index in [0.717, 1.165) is 11.6 Å². The molecule has 13 heavy (non-hydrogen) atoms. The Kier molecular flexibility index (Phi) is 4.00. The Hall–Kier alpha value is -0.790. The van der Waals surface area contributed by atoms with E-state index in [1.165, 1.54) is 25.7 Å². The molecule has 2 heteroatoms. The highest BCUT2D eigenvalue weighted by Crippen LogP contribution is 2.25. The van der Waals surface area contributed by atoms with Crippen LogP contribution in [0.1, 0.15) is 39.5 Å². The summed E-state index contributed by atoms with van der Waals surface area (Å²) in [4.78, 5) is 4.49. The molecule has 0 aliphatic heterocycles. The Morgan fingerprint density at radius 3 is 2.85 bits per heavy atom. The van der Waals surface area contributed by atoms with Crippen LogP contribution >= 0.6 is 0 Å². The highest BCUT2D eigenvalue weighted by Gasteiger charge is 2.16. The van der Waals surface area contributed by atoms with Gasteiger partial charge in [-0.3, -0.25) is 4.99 Å². The van der Waals surface area contributed by atoms with Crippen LogP contribution in [0.2, 0.25) is 0 Å². The number of nitrogens with zero attached hydrogens (tertiary/aromatic N) is 1. The molecule has 0 amide bonds. The van der Waals surface area contributed by atoms with Crippen molar-refractivity contribution in [2.24, 2.45) is 16.6 Å². The van der Waals surface area contributed by atoms with Crippen LogP contribution in [0, 0.1) is 5.92 Å². The van der Waals surface area contributed by atoms with E-state index in [0.29, 0.717) is 6.04 Å². The highest BCUT2D eigenvalue weighted by atomic mass is 14.8. The van der Waals surface area contributed by atoms with Crippen LogP contribution in [-0.4, -0.2) is 12.3 Å². The minimum absolute atomic E-state index is 0.516. The molecule has 0 aromatic rings. The van der Waals surface area contributed by atoms with E-state index in [-0.39, 0.29) is 0 Å². The molecule has 2 atom stereocenters. The summed E-state index contributed by atoms with van der Waals surface area (Å²) >= 11 is 0. The molecule has 1 fully saturated rings. The van der Waals surface area contributed by atoms with Crippen molar-refractivity contribution >= 4 is 6.21 Å². The number of hydrogen-bond acceptors (Lipinski definition) is 2. The van der Waals surface area contributed by atoms with Gasteiger partial charge in [0.05, 0.1) is 6.04 Å². The third-order valence-corrected chi connectivity index (χ3v) is 2.68. The molecule has 1 aliphatic carbocycles. The van der Waals surface area contributed by atoms with E-state index in [1.807, 2.05) is 19.2 Å². The first kappa shape index (κ1) is 10.3. The molecule has 0 saturated heterocycles. The maximum absolute atomic E-state index is 5.64. The zero-order chi connectivity index (χ0) is 9.68. The van der Waals surface area contributed by atoms with E-state index < -0.39 is 0 Å². The maximum atomic E-state index is 5.64. The van der Waals surface area contributed by atoms with Gasteiger partial charge in [0, 0.05) is 11.9 Å². The summed E-state index contributed by atoms with van der Waals surface area (Å²) in [6, 6.07) is 0.516. The van der Waals surface area contributed by atoms with Gasteiger partial charge in [-0.15, -0.1) is 0 Å². The lowest BCUT2D eigenvalue weighted by Crippen LogP contribution is -2.16. The summed E-state index contributed by atoms with van der Waals surface area (Å²) in [5.41, 5.74) is 6.41. The minimum Gasteiger partial charge on any atom is -0.398 e. The van der Waals surface area contributed by atoms with Crippen LogP contribution in [-0.2, 0) is 0 Å². The predicted molar refractivity (Wildman–Crippen MR) is 57.9 cm³/mol. The lowest BCUT2D eigenvalue weighted by molar-refractivity contribution is 0.346. The summed E-state index contributed by atoms with van der Waals surface area (Å²) in [7, 11) is 0. The standard InChI is InChI=1S/C11H20N2/c1-3-10(12)8-13-11-6-4-5-9(2)7-11/h3,8-9,11H,4-7,12H2,1-2H3/b10-3+,13-8-. The molecule has 0 radical (unpaired) electrons. The molecule has 0 spiro atoms. The Morgan fingerprint density at radius 2 is 2.23 bits per heavy atom. The zero-order valence-corrected chi connectivity index (χ0v) is 8.66. The topological polar surface area (TPSA) is 38.4 Å². The van der Waals surface area contributed by atoms with Crippen molar-refractivity contribution in [1.82, 2.24) is 0 Å². The number of aliphatic imine (C=N–C) groups is 1. The fourth-order valence-electron chi connectivity index (χ4n) is 1.80. The first-order valence-corrected chi connectivity index (χ1v) is 5.17. The Bertz CT molecular complexity index is 206. The lowest BCUT2D eigenvalue weighted by atomic mass is 9.87. The smallest absolute Gasteiger partial charge is 0.0503 e. The van der Waals surface area contributed by atoms with Gasteiger partial charge in [-0.1, -0.05) is 25.8 Å². The van der Waals surface area contributed by atoms with Gasteiger partial charge in [0.1, 0.15) is 0 Å². The van der Waals surface area contributed by atoms with E-state index in [9.17, 15) is 0 Å². The van der Waals surface area contributed by atoms with Crippen molar-refractivity contribution in [1.29, 1.82) is 0 Å². The van der Waals surface area contributed by atoms with Gasteiger partial charge < -0.3 is 5.73 Å². The molecule has 0 aromatic carbocycles. The van der Waals surface area contributed by atoms with Crippen LogP contribution in [0.25, 0.3) is 0 Å². The van der Waals surface area contributed by atoms with Gasteiger partial charge in [0.2, 0.25) is 0 Å². The molecule has 2 unspecified atom stereocenters. The van der Waals surface area contributed by atoms with Crippen molar-refractivity contribution in [2.45, 2.75) is 45.6 Å². The van der Waals surface area contributed by atoms with Gasteiger partial charge in [0.25, 0.3) is 0 Å². The van der Waals surface area contributed by atoms with Crippen LogP contribution in [0.4, 0.5) is 0 Å². The summed E-state index contributed by atoms with van der Waals surface area (Å²) in [6.07, 6.45) is 8.84. The maximum Gasteiger partial charge on any atom is 0.0503 e. The van der Waals surface area contributed by atoms with Crippen molar-refractivity contribution in [2.75, 3.05) is 0 Å². The van der Waals surface area contributed by atoms with Crippen LogP contribution in [0.15, 0.2) is 16.8 Å². The summed E-state index contributed by atoms with van der Waals surface area (Å²) < 4.78 is 0. The number of hydrogen-bond donors (Lipinski definition) is 1. The molecule has 0 aromatic heterocycles. The molecule has 0 bridgehead atoms. The summed E-state index contributed by atoms with van der Waals surface area (Å²) in [5.74, 6) is 0.836. The fourth-order valence-corrected chi connectivity index (χ4v) is 1.80. The molecular formula is C11H20N2. The average Bonchev–Trinajstić information content (AvgIpc) is 2.14. The molecule has 1 rings (SSSR count). The van der Waals surface area contributed by atoms with Gasteiger partial charge in [0.15, 0.2) is 0 Å². The Morgan fingerprint density at radius 1 is 1.46 bits per heavy atom. The monoisotopic (exact) mass is 180 g/mol. The van der Waals surface area contributed by atoms with E-state index >= 15 is 0 Å². The second-order valence-electron chi connectivity index (χ2n) is 3.99. The fraction of sp³-hybridized carbons (Fsp3) is 0.727. The lowest BCUT2D eigenvalue weighted by Gasteiger charge is -2.23. The van der Waals surface area contributed by atoms with Crippen LogP contribution in [0.3, 0.4) is 0 Å². The Balaban J connectivity index is 2.39. The third kappa shape index (κ3) is 3.62. The van der Waals surface area contributed by atoms with Crippen LogP contribution in [0.5, 0.6) is 0 Å². The first-order valence-electron chi connectivity index (χ1n) is 5.17. The van der Waals surface area contributed by atoms with E-state index in [1.54, 1.807) is 0 Å². The zero-order valence-electron chi connectivity index (χ0n) is 8.66. The third-order valence-electron chi connectivity index (χ3n) is 2.68. The molecule has 74 valence electrons. The average molecular weight is 180 g/mol. The van der Waals surface area contributed by atoms with E-state index in [2.05, 4.69) is 11.9 Å². The van der Waals surface area contributed by atoms with E-state index in [4.69, 9.17) is 5.73 Å². The molecule has 2 nitrogen and oxygen atoms in total. The first-order chi connectivity index (χ1) is 6.22. The van der Waals surface area contributed by atoms with Crippen molar-refractivity contribution in [3.05, 3.63) is 11.8 Å². The van der Waals surface area contributed by atoms with Gasteiger partial charge in [-0.25, -0.2) is 0 Å². The predicted octanol–water partition coefficient (Wildman–Crippen LogP) is 2.50. The second-order valence-corrected chi connectivity index (χ2v) is 3.99. The summed E-state index contributed by atoms with van der Waals surface area (Å²) in [5, 5.41) is 0. The second kappa shape index (κ2) is 5.05. The largest absolute Gasteiger partial charge is 0.398 e. The number of nitrogens with two attached hydrogens (primary N) is 1. The SMILES string of the molecule is C/C=C(N)\C=N/C1CCCC(C)C1. The highest BCUT2D eigenvalue weighted by molar-refractivity contribution is 5.77. The molecular weight excluding hydrogens is 160 g/mol. The number of allylic oxidation sites excluding steroid dienone is 2. The normalized spacial score (nSPS) is 31.1. The van der Waals surface area contributed by atoms with Crippen molar-refractivity contribution in [3.8, 4) is 0 Å².